The van der Waals surface area contributed by atoms with Gasteiger partial charge >= 0.3 is 0 Å². The van der Waals surface area contributed by atoms with E-state index in [1.807, 2.05) is 6.08 Å². The Morgan fingerprint density at radius 3 is 2.68 bits per heavy atom. The molecule has 0 N–H and O–H groups in total. The number of carbonyl (C=O) groups excluding carboxylic acids is 1. The molecule has 1 aliphatic carbocycles. The summed E-state index contributed by atoms with van der Waals surface area (Å²) in [7, 11) is 1.66. The predicted octanol–water partition coefficient (Wildman–Crippen LogP) is 2.12. The third-order valence-electron chi connectivity index (χ3n) is 5.13. The van der Waals surface area contributed by atoms with Gasteiger partial charge in [0, 0.05) is 25.8 Å². The lowest BCUT2D eigenvalue weighted by Gasteiger charge is -2.34. The third-order valence-corrected chi connectivity index (χ3v) is 5.72. The summed E-state index contributed by atoms with van der Waals surface area (Å²) >= 11 is 3.37. The topological polar surface area (TPSA) is 72.5 Å². The van der Waals surface area contributed by atoms with E-state index in [0.717, 1.165) is 18.5 Å². The maximum atomic E-state index is 12.8. The lowest BCUT2D eigenvalue weighted by Crippen LogP contribution is -2.46. The van der Waals surface area contributed by atoms with E-state index in [1.54, 1.807) is 19.2 Å². The first-order valence-electron chi connectivity index (χ1n) is 6.97. The number of ketones is 1. The molecule has 2 saturated heterocycles. The number of fused-ring (bicyclic) bond motifs is 1. The fraction of sp³-hybridized carbons (Fsp3) is 0.400. The van der Waals surface area contributed by atoms with Crippen molar-refractivity contribution in [2.75, 3.05) is 13.7 Å². The molecular weight excluding hydrogens is 352 g/mol. The highest BCUT2D eigenvalue weighted by Crippen LogP contribution is 2.65. The first kappa shape index (κ1) is 14.0. The Morgan fingerprint density at radius 2 is 2.09 bits per heavy atom. The molecule has 1 aromatic carbocycles. The Hall–Kier alpha value is -1.57. The SMILES string of the molecule is CO[C@]12C=C(Br)C(=O)[C@]3(c4ccc([N+](=O)[O-])cc4)[C@H]1N3CC2. The van der Waals surface area contributed by atoms with Gasteiger partial charge in [-0.25, -0.2) is 0 Å². The number of carbonyl (C=O) groups is 1. The number of nitro benzene ring substituents is 1. The van der Waals surface area contributed by atoms with E-state index in [4.69, 9.17) is 4.74 Å². The summed E-state index contributed by atoms with van der Waals surface area (Å²) < 4.78 is 6.26. The summed E-state index contributed by atoms with van der Waals surface area (Å²) in [6.07, 6.45) is 2.71. The van der Waals surface area contributed by atoms with E-state index in [1.165, 1.54) is 12.1 Å². The van der Waals surface area contributed by atoms with Gasteiger partial charge in [0.15, 0.2) is 5.78 Å². The summed E-state index contributed by atoms with van der Waals surface area (Å²) in [4.78, 5) is 25.3. The predicted molar refractivity (Wildman–Crippen MR) is 81.6 cm³/mol. The van der Waals surface area contributed by atoms with Crippen molar-refractivity contribution in [1.29, 1.82) is 0 Å². The van der Waals surface area contributed by atoms with Crippen LogP contribution in [0.5, 0.6) is 0 Å². The fourth-order valence-corrected chi connectivity index (χ4v) is 4.82. The molecule has 0 bridgehead atoms. The van der Waals surface area contributed by atoms with Crippen LogP contribution >= 0.6 is 15.9 Å². The summed E-state index contributed by atoms with van der Waals surface area (Å²) in [6.45, 7) is 0.776. The quantitative estimate of drug-likeness (QED) is 0.466. The second kappa shape index (κ2) is 4.24. The Balaban J connectivity index is 1.83. The molecule has 3 aliphatic rings. The smallest absolute Gasteiger partial charge is 0.269 e. The number of piperidine rings is 1. The molecule has 7 heteroatoms. The number of halogens is 1. The minimum absolute atomic E-state index is 0.00118. The molecule has 2 heterocycles. The molecule has 114 valence electrons. The van der Waals surface area contributed by atoms with Gasteiger partial charge in [-0.2, -0.15) is 0 Å². The monoisotopic (exact) mass is 364 g/mol. The number of hydrogen-bond donors (Lipinski definition) is 0. The van der Waals surface area contributed by atoms with Gasteiger partial charge in [-0.05, 0) is 46.1 Å². The molecule has 2 aliphatic heterocycles. The molecule has 6 nitrogen and oxygen atoms in total. The molecule has 0 saturated carbocycles. The van der Waals surface area contributed by atoms with E-state index in [-0.39, 0.29) is 17.5 Å². The van der Waals surface area contributed by atoms with Crippen molar-refractivity contribution in [2.24, 2.45) is 0 Å². The first-order valence-corrected chi connectivity index (χ1v) is 7.76. The summed E-state index contributed by atoms with van der Waals surface area (Å²) in [6, 6.07) is 6.24. The highest BCUT2D eigenvalue weighted by Gasteiger charge is 2.80. The number of benzene rings is 1. The first-order chi connectivity index (χ1) is 10.5. The summed E-state index contributed by atoms with van der Waals surface area (Å²) in [5.41, 5.74) is -0.387. The molecular formula is C15H13BrN2O4. The van der Waals surface area contributed by atoms with Crippen LogP contribution in [0.3, 0.4) is 0 Å². The molecule has 0 aromatic heterocycles. The van der Waals surface area contributed by atoms with Gasteiger partial charge in [-0.3, -0.25) is 19.8 Å². The lowest BCUT2D eigenvalue weighted by atomic mass is 9.76. The standard InChI is InChI=1S/C15H13BrN2O4/c1-22-14-6-7-17-13(14)15(17,12(19)11(16)8-14)9-2-4-10(5-3-9)18(20)21/h2-5,8,13H,6-7H2,1H3/t13-,14+,15+,17?/m0/s1. The highest BCUT2D eigenvalue weighted by molar-refractivity contribution is 9.12. The molecule has 2 fully saturated rings. The Labute approximate surface area is 135 Å². The van der Waals surface area contributed by atoms with Crippen molar-refractivity contribution in [3.05, 3.63) is 50.5 Å². The minimum Gasteiger partial charge on any atom is -0.372 e. The van der Waals surface area contributed by atoms with Crippen LogP contribution in [0.4, 0.5) is 5.69 Å². The van der Waals surface area contributed by atoms with Crippen LogP contribution in [-0.4, -0.2) is 40.9 Å². The Morgan fingerprint density at radius 1 is 1.41 bits per heavy atom. The van der Waals surface area contributed by atoms with Crippen LogP contribution in [-0.2, 0) is 15.1 Å². The van der Waals surface area contributed by atoms with Crippen molar-refractivity contribution in [3.8, 4) is 0 Å². The lowest BCUT2D eigenvalue weighted by molar-refractivity contribution is -0.384. The number of Topliss-reactive ketones (excluding diaryl/α,β-unsaturated/α-hetero) is 1. The van der Waals surface area contributed by atoms with Gasteiger partial charge in [0.2, 0.25) is 0 Å². The van der Waals surface area contributed by atoms with Crippen molar-refractivity contribution >= 4 is 27.4 Å². The van der Waals surface area contributed by atoms with E-state index in [0.29, 0.717) is 4.48 Å². The van der Waals surface area contributed by atoms with Gasteiger partial charge in [-0.1, -0.05) is 0 Å². The van der Waals surface area contributed by atoms with Gasteiger partial charge in [-0.15, -0.1) is 0 Å². The molecule has 0 radical (unpaired) electrons. The normalized spacial score (nSPS) is 38.5. The van der Waals surface area contributed by atoms with Crippen LogP contribution in [0.25, 0.3) is 0 Å². The van der Waals surface area contributed by atoms with Crippen LogP contribution in [0.1, 0.15) is 12.0 Å². The number of hydrogen-bond acceptors (Lipinski definition) is 5. The van der Waals surface area contributed by atoms with E-state index in [9.17, 15) is 14.9 Å². The maximum absolute atomic E-state index is 12.8. The maximum Gasteiger partial charge on any atom is 0.269 e. The largest absolute Gasteiger partial charge is 0.372 e. The van der Waals surface area contributed by atoms with Gasteiger partial charge in [0.25, 0.3) is 5.69 Å². The number of ether oxygens (including phenoxy) is 1. The zero-order valence-electron chi connectivity index (χ0n) is 11.8. The van der Waals surface area contributed by atoms with Gasteiger partial charge < -0.3 is 4.74 Å². The van der Waals surface area contributed by atoms with Crippen molar-refractivity contribution in [2.45, 2.75) is 23.6 Å². The van der Waals surface area contributed by atoms with Crippen LogP contribution < -0.4 is 0 Å². The zero-order valence-corrected chi connectivity index (χ0v) is 13.4. The number of nitro groups is 1. The highest BCUT2D eigenvalue weighted by atomic mass is 79.9. The van der Waals surface area contributed by atoms with Gasteiger partial charge in [0.05, 0.1) is 15.4 Å². The molecule has 0 amide bonds. The second-order valence-electron chi connectivity index (χ2n) is 5.90. The van der Waals surface area contributed by atoms with E-state index < -0.39 is 16.1 Å². The average Bonchev–Trinajstić information content (AvgIpc) is 3.07. The summed E-state index contributed by atoms with van der Waals surface area (Å²) in [5.74, 6) is -0.00118. The fourth-order valence-electron chi connectivity index (χ4n) is 4.13. The molecule has 22 heavy (non-hydrogen) atoms. The van der Waals surface area contributed by atoms with E-state index >= 15 is 0 Å². The van der Waals surface area contributed by atoms with Crippen LogP contribution in [0.15, 0.2) is 34.8 Å². The Kier molecular flexibility index (Phi) is 2.71. The molecule has 4 atom stereocenters. The molecule has 4 rings (SSSR count). The van der Waals surface area contributed by atoms with Crippen molar-refractivity contribution in [1.82, 2.24) is 4.90 Å². The third kappa shape index (κ3) is 1.44. The minimum atomic E-state index is -0.739. The van der Waals surface area contributed by atoms with Crippen molar-refractivity contribution < 1.29 is 14.5 Å². The molecule has 1 unspecified atom stereocenters. The molecule has 0 spiro atoms. The summed E-state index contributed by atoms with van der Waals surface area (Å²) in [5, 5.41) is 10.8. The average molecular weight is 365 g/mol. The Bertz CT molecular complexity index is 732. The number of rotatable bonds is 3. The van der Waals surface area contributed by atoms with Gasteiger partial charge in [0.1, 0.15) is 11.1 Å². The van der Waals surface area contributed by atoms with E-state index in [2.05, 4.69) is 20.8 Å². The van der Waals surface area contributed by atoms with Crippen LogP contribution in [0, 0.1) is 10.1 Å². The second-order valence-corrected chi connectivity index (χ2v) is 6.75. The number of nitrogens with zero attached hydrogens (tertiary/aromatic N) is 2. The van der Waals surface area contributed by atoms with Crippen LogP contribution in [0.2, 0.25) is 0 Å². The zero-order chi connectivity index (χ0) is 15.7. The van der Waals surface area contributed by atoms with Crippen molar-refractivity contribution in [3.63, 3.8) is 0 Å². The number of methoxy groups -OCH3 is 1. The molecule has 1 aromatic rings. The number of non-ortho nitro benzene ring substituents is 1.